The molecule has 1 N–H and O–H groups in total. The largest absolute Gasteiger partial charge is 0.316 e. The molecular formula is C12H24N2. The van der Waals surface area contributed by atoms with Gasteiger partial charge in [0.15, 0.2) is 0 Å². The molecule has 2 fully saturated rings. The molecule has 1 saturated heterocycles. The molecule has 2 aliphatic rings. The van der Waals surface area contributed by atoms with Crippen LogP contribution in [-0.4, -0.2) is 36.6 Å². The summed E-state index contributed by atoms with van der Waals surface area (Å²) in [4.78, 5) is 2.71. The zero-order chi connectivity index (χ0) is 10.0. The summed E-state index contributed by atoms with van der Waals surface area (Å²) < 4.78 is 0. The smallest absolute Gasteiger partial charge is 0.0182 e. The minimum atomic E-state index is 0.611. The molecular weight excluding hydrogens is 172 g/mol. The van der Waals surface area contributed by atoms with Gasteiger partial charge in [0.2, 0.25) is 0 Å². The van der Waals surface area contributed by atoms with Crippen LogP contribution in [-0.2, 0) is 0 Å². The summed E-state index contributed by atoms with van der Waals surface area (Å²) in [5, 5.41) is 3.54. The van der Waals surface area contributed by atoms with Crippen molar-refractivity contribution in [2.75, 3.05) is 26.2 Å². The highest BCUT2D eigenvalue weighted by atomic mass is 15.2. The molecule has 1 aliphatic carbocycles. The third-order valence-electron chi connectivity index (χ3n) is 3.88. The number of nitrogens with zero attached hydrogens (tertiary/aromatic N) is 1. The maximum absolute atomic E-state index is 3.54. The number of nitrogens with one attached hydrogen (secondary N) is 1. The van der Waals surface area contributed by atoms with Crippen LogP contribution >= 0.6 is 0 Å². The molecule has 0 aromatic rings. The first-order valence-electron chi connectivity index (χ1n) is 6.20. The Bertz CT molecular complexity index is 187. The standard InChI is InChI=1S/C12H24N2/c1-3-7-13-9-11-4-8-14(10-11)12(2)5-6-12/h11,13H,3-10H2,1-2H3. The van der Waals surface area contributed by atoms with Crippen molar-refractivity contribution in [3.8, 4) is 0 Å². The van der Waals surface area contributed by atoms with E-state index in [0.717, 1.165) is 5.92 Å². The number of hydrogen-bond donors (Lipinski definition) is 1. The zero-order valence-corrected chi connectivity index (χ0v) is 9.68. The van der Waals surface area contributed by atoms with Crippen LogP contribution < -0.4 is 5.32 Å². The Labute approximate surface area is 88.1 Å². The van der Waals surface area contributed by atoms with Gasteiger partial charge in [-0.25, -0.2) is 0 Å². The molecule has 0 spiro atoms. The third-order valence-corrected chi connectivity index (χ3v) is 3.88. The van der Waals surface area contributed by atoms with Crippen molar-refractivity contribution in [2.24, 2.45) is 5.92 Å². The van der Waals surface area contributed by atoms with Crippen molar-refractivity contribution in [3.63, 3.8) is 0 Å². The molecule has 2 rings (SSSR count). The van der Waals surface area contributed by atoms with E-state index in [0.29, 0.717) is 5.54 Å². The topological polar surface area (TPSA) is 15.3 Å². The van der Waals surface area contributed by atoms with Gasteiger partial charge >= 0.3 is 0 Å². The van der Waals surface area contributed by atoms with Crippen molar-refractivity contribution in [2.45, 2.75) is 45.1 Å². The van der Waals surface area contributed by atoms with Gasteiger partial charge in [0.1, 0.15) is 0 Å². The monoisotopic (exact) mass is 196 g/mol. The molecule has 0 aromatic heterocycles. The number of hydrogen-bond acceptors (Lipinski definition) is 2. The van der Waals surface area contributed by atoms with Crippen LogP contribution in [0.3, 0.4) is 0 Å². The van der Waals surface area contributed by atoms with Crippen LogP contribution in [0.1, 0.15) is 39.5 Å². The van der Waals surface area contributed by atoms with Crippen molar-refractivity contribution in [1.82, 2.24) is 10.2 Å². The minimum absolute atomic E-state index is 0.611. The van der Waals surface area contributed by atoms with Crippen LogP contribution in [0.4, 0.5) is 0 Å². The Morgan fingerprint density at radius 1 is 1.43 bits per heavy atom. The molecule has 0 radical (unpaired) electrons. The molecule has 0 aromatic carbocycles. The predicted octanol–water partition coefficient (Wildman–Crippen LogP) is 1.86. The Morgan fingerprint density at radius 2 is 2.21 bits per heavy atom. The lowest BCUT2D eigenvalue weighted by molar-refractivity contribution is 0.229. The van der Waals surface area contributed by atoms with Crippen molar-refractivity contribution < 1.29 is 0 Å². The second-order valence-electron chi connectivity index (χ2n) is 5.30. The van der Waals surface area contributed by atoms with E-state index in [1.54, 1.807) is 0 Å². The summed E-state index contributed by atoms with van der Waals surface area (Å²) in [5.74, 6) is 0.916. The zero-order valence-electron chi connectivity index (χ0n) is 9.68. The average Bonchev–Trinajstić information content (AvgIpc) is 2.76. The average molecular weight is 196 g/mol. The van der Waals surface area contributed by atoms with E-state index in [4.69, 9.17) is 0 Å². The van der Waals surface area contributed by atoms with Gasteiger partial charge in [-0.1, -0.05) is 6.92 Å². The first-order chi connectivity index (χ1) is 6.74. The number of rotatable bonds is 5. The van der Waals surface area contributed by atoms with Gasteiger partial charge in [-0.3, -0.25) is 4.90 Å². The van der Waals surface area contributed by atoms with E-state index in [1.807, 2.05) is 0 Å². The normalized spacial score (nSPS) is 30.9. The fraction of sp³-hybridized carbons (Fsp3) is 1.00. The highest BCUT2D eigenvalue weighted by Crippen LogP contribution is 2.43. The lowest BCUT2D eigenvalue weighted by atomic mass is 10.1. The lowest BCUT2D eigenvalue weighted by Gasteiger charge is -2.23. The van der Waals surface area contributed by atoms with Gasteiger partial charge in [0, 0.05) is 12.1 Å². The Balaban J connectivity index is 1.67. The van der Waals surface area contributed by atoms with Crippen molar-refractivity contribution >= 4 is 0 Å². The summed E-state index contributed by atoms with van der Waals surface area (Å²) >= 11 is 0. The van der Waals surface area contributed by atoms with E-state index in [9.17, 15) is 0 Å². The Morgan fingerprint density at radius 3 is 2.86 bits per heavy atom. The second-order valence-corrected chi connectivity index (χ2v) is 5.30. The van der Waals surface area contributed by atoms with Crippen LogP contribution in [0.15, 0.2) is 0 Å². The van der Waals surface area contributed by atoms with Gasteiger partial charge < -0.3 is 5.32 Å². The molecule has 0 bridgehead atoms. The molecule has 0 amide bonds. The first-order valence-corrected chi connectivity index (χ1v) is 6.20. The molecule has 1 atom stereocenters. The van der Waals surface area contributed by atoms with Crippen molar-refractivity contribution in [1.29, 1.82) is 0 Å². The summed E-state index contributed by atoms with van der Waals surface area (Å²) in [6.45, 7) is 9.77. The molecule has 1 unspecified atom stereocenters. The molecule has 82 valence electrons. The van der Waals surface area contributed by atoms with Gasteiger partial charge in [0.05, 0.1) is 0 Å². The van der Waals surface area contributed by atoms with E-state index in [2.05, 4.69) is 24.1 Å². The molecule has 2 nitrogen and oxygen atoms in total. The van der Waals surface area contributed by atoms with E-state index >= 15 is 0 Å². The van der Waals surface area contributed by atoms with E-state index in [1.165, 1.54) is 51.9 Å². The lowest BCUT2D eigenvalue weighted by Crippen LogP contribution is -2.34. The summed E-state index contributed by atoms with van der Waals surface area (Å²) in [6, 6.07) is 0. The first kappa shape index (κ1) is 10.4. The summed E-state index contributed by atoms with van der Waals surface area (Å²) in [5.41, 5.74) is 0.611. The highest BCUT2D eigenvalue weighted by Gasteiger charge is 2.45. The minimum Gasteiger partial charge on any atom is -0.316 e. The molecule has 1 saturated carbocycles. The van der Waals surface area contributed by atoms with Crippen LogP contribution in [0.2, 0.25) is 0 Å². The van der Waals surface area contributed by atoms with Gasteiger partial charge in [-0.05, 0) is 58.2 Å². The summed E-state index contributed by atoms with van der Waals surface area (Å²) in [6.07, 6.45) is 5.53. The second kappa shape index (κ2) is 4.19. The fourth-order valence-electron chi connectivity index (χ4n) is 2.47. The van der Waals surface area contributed by atoms with Gasteiger partial charge in [-0.2, -0.15) is 0 Å². The highest BCUT2D eigenvalue weighted by molar-refractivity contribution is 5.02. The van der Waals surface area contributed by atoms with E-state index in [-0.39, 0.29) is 0 Å². The maximum Gasteiger partial charge on any atom is 0.0182 e. The Hall–Kier alpha value is -0.0800. The molecule has 2 heteroatoms. The fourth-order valence-corrected chi connectivity index (χ4v) is 2.47. The van der Waals surface area contributed by atoms with Crippen LogP contribution in [0, 0.1) is 5.92 Å². The molecule has 1 aliphatic heterocycles. The van der Waals surface area contributed by atoms with Gasteiger partial charge in [0.25, 0.3) is 0 Å². The van der Waals surface area contributed by atoms with E-state index < -0.39 is 0 Å². The Kier molecular flexibility index (Phi) is 3.13. The van der Waals surface area contributed by atoms with Crippen LogP contribution in [0.5, 0.6) is 0 Å². The van der Waals surface area contributed by atoms with Crippen LogP contribution in [0.25, 0.3) is 0 Å². The summed E-state index contributed by atoms with van der Waals surface area (Å²) in [7, 11) is 0. The van der Waals surface area contributed by atoms with Gasteiger partial charge in [-0.15, -0.1) is 0 Å². The maximum atomic E-state index is 3.54. The molecule has 14 heavy (non-hydrogen) atoms. The van der Waals surface area contributed by atoms with Crippen molar-refractivity contribution in [3.05, 3.63) is 0 Å². The quantitative estimate of drug-likeness (QED) is 0.675. The number of likely N-dealkylation sites (tertiary alicyclic amines) is 1. The predicted molar refractivity (Wildman–Crippen MR) is 60.5 cm³/mol. The molecule has 1 heterocycles. The third kappa shape index (κ3) is 2.29. The SMILES string of the molecule is CCCNCC1CCN(C2(C)CC2)C1.